The molecule has 0 aromatic carbocycles. The summed E-state index contributed by atoms with van der Waals surface area (Å²) in [5, 5.41) is 0.415. The Balaban J connectivity index is 2.37. The van der Waals surface area contributed by atoms with Crippen molar-refractivity contribution in [2.24, 2.45) is 5.92 Å². The van der Waals surface area contributed by atoms with Crippen LogP contribution in [-0.4, -0.2) is 31.6 Å². The summed E-state index contributed by atoms with van der Waals surface area (Å²) in [5.74, 6) is 0.498. The van der Waals surface area contributed by atoms with Gasteiger partial charge in [0.05, 0.1) is 6.10 Å². The average Bonchev–Trinajstić information content (AvgIpc) is 2.83. The smallest absolute Gasteiger partial charge is 0.193 e. The molecule has 25 heavy (non-hydrogen) atoms. The predicted molar refractivity (Wildman–Crippen MR) is 121 cm³/mol. The van der Waals surface area contributed by atoms with E-state index in [0.717, 1.165) is 6.42 Å². The standard InChI is InChI=1S/C19H38Br2O2Si2/c1-16(2,3)24(7,8)22-15-13-11-12-14-18(15,19(14,20)21)23-25(9,10)17(4,5)6/h14-15H,11-13H2,1-10H3/t14-,15-,18+/m0/s1. The molecule has 0 aromatic rings. The highest BCUT2D eigenvalue weighted by Gasteiger charge is 2.81. The molecule has 0 spiro atoms. The number of fused-ring (bicyclic) bond motifs is 1. The van der Waals surface area contributed by atoms with Gasteiger partial charge in [-0.05, 0) is 49.1 Å². The van der Waals surface area contributed by atoms with Crippen molar-refractivity contribution in [1.29, 1.82) is 0 Å². The van der Waals surface area contributed by atoms with E-state index < -0.39 is 16.6 Å². The lowest BCUT2D eigenvalue weighted by Gasteiger charge is -2.47. The van der Waals surface area contributed by atoms with Crippen molar-refractivity contribution in [2.75, 3.05) is 0 Å². The van der Waals surface area contributed by atoms with E-state index in [9.17, 15) is 0 Å². The molecule has 6 heteroatoms. The van der Waals surface area contributed by atoms with Crippen LogP contribution in [0.3, 0.4) is 0 Å². The Bertz CT molecular complexity index is 520. The van der Waals surface area contributed by atoms with Crippen LogP contribution in [0.1, 0.15) is 60.8 Å². The predicted octanol–water partition coefficient (Wildman–Crippen LogP) is 7.44. The molecule has 2 aliphatic carbocycles. The molecule has 0 heterocycles. The zero-order valence-electron chi connectivity index (χ0n) is 17.8. The van der Waals surface area contributed by atoms with Crippen molar-refractivity contribution in [3.8, 4) is 0 Å². The molecule has 0 unspecified atom stereocenters. The van der Waals surface area contributed by atoms with Crippen molar-refractivity contribution < 1.29 is 8.85 Å². The van der Waals surface area contributed by atoms with Gasteiger partial charge in [-0.25, -0.2) is 0 Å². The van der Waals surface area contributed by atoms with Crippen LogP contribution in [0.15, 0.2) is 0 Å². The third-order valence-electron chi connectivity index (χ3n) is 7.30. The maximum Gasteiger partial charge on any atom is 0.193 e. The molecule has 0 saturated heterocycles. The van der Waals surface area contributed by atoms with Crippen LogP contribution in [0.5, 0.6) is 0 Å². The minimum Gasteiger partial charge on any atom is -0.411 e. The fourth-order valence-corrected chi connectivity index (χ4v) is 8.86. The highest BCUT2D eigenvalue weighted by atomic mass is 79.9. The van der Waals surface area contributed by atoms with E-state index in [4.69, 9.17) is 8.85 Å². The van der Waals surface area contributed by atoms with E-state index >= 15 is 0 Å². The van der Waals surface area contributed by atoms with Crippen LogP contribution in [0, 0.1) is 5.92 Å². The molecule has 2 aliphatic rings. The van der Waals surface area contributed by atoms with Gasteiger partial charge in [-0.2, -0.15) is 0 Å². The molecule has 2 rings (SSSR count). The molecule has 2 fully saturated rings. The van der Waals surface area contributed by atoms with Gasteiger partial charge >= 0.3 is 0 Å². The van der Waals surface area contributed by atoms with Gasteiger partial charge in [0.25, 0.3) is 0 Å². The van der Waals surface area contributed by atoms with Crippen LogP contribution >= 0.6 is 31.9 Å². The van der Waals surface area contributed by atoms with Crippen LogP contribution < -0.4 is 0 Å². The lowest BCUT2D eigenvalue weighted by Crippen LogP contribution is -2.56. The van der Waals surface area contributed by atoms with Crippen molar-refractivity contribution in [2.45, 2.75) is 112 Å². The van der Waals surface area contributed by atoms with E-state index in [0.29, 0.717) is 5.92 Å². The molecule has 0 aromatic heterocycles. The van der Waals surface area contributed by atoms with E-state index in [2.05, 4.69) is 99.6 Å². The SMILES string of the molecule is CC(C)(C)[Si](C)(C)O[C@H]1CCC[C@@H]2C(Br)(Br)[C@]12O[Si](C)(C)C(C)(C)C. The average molecular weight is 514 g/mol. The number of alkyl halides is 2. The third kappa shape index (κ3) is 3.66. The second-order valence-electron chi connectivity index (χ2n) is 11.1. The fourth-order valence-electron chi connectivity index (χ4n) is 3.49. The second-order valence-corrected chi connectivity index (χ2v) is 24.2. The first-order chi connectivity index (χ1) is 10.9. The van der Waals surface area contributed by atoms with Crippen LogP contribution in [-0.2, 0) is 8.85 Å². The molecule has 0 bridgehead atoms. The summed E-state index contributed by atoms with van der Waals surface area (Å²) in [4.78, 5) is 0. The molecular formula is C19H38Br2O2Si2. The van der Waals surface area contributed by atoms with Gasteiger partial charge in [-0.1, -0.05) is 79.8 Å². The van der Waals surface area contributed by atoms with Gasteiger partial charge in [0, 0.05) is 5.92 Å². The molecule has 148 valence electrons. The molecular weight excluding hydrogens is 476 g/mol. The Labute approximate surface area is 174 Å². The Hall–Kier alpha value is 1.31. The number of hydrogen-bond donors (Lipinski definition) is 0. The summed E-state index contributed by atoms with van der Waals surface area (Å²) in [6.45, 7) is 23.4. The molecule has 3 atom stereocenters. The lowest BCUT2D eigenvalue weighted by atomic mass is 9.95. The Kier molecular flexibility index (Phi) is 5.80. The first kappa shape index (κ1) is 22.6. The number of hydrogen-bond acceptors (Lipinski definition) is 2. The highest BCUT2D eigenvalue weighted by Crippen LogP contribution is 2.74. The zero-order valence-corrected chi connectivity index (χ0v) is 23.0. The second kappa shape index (κ2) is 6.41. The first-order valence-electron chi connectivity index (χ1n) is 9.66. The fraction of sp³-hybridized carbons (Fsp3) is 1.00. The quantitative estimate of drug-likeness (QED) is 0.287. The number of rotatable bonds is 4. The summed E-state index contributed by atoms with van der Waals surface area (Å²) in [6.07, 6.45) is 3.73. The van der Waals surface area contributed by atoms with Gasteiger partial charge in [-0.15, -0.1) is 0 Å². The first-order valence-corrected chi connectivity index (χ1v) is 17.1. The molecule has 0 aliphatic heterocycles. The van der Waals surface area contributed by atoms with Gasteiger partial charge in [-0.3, -0.25) is 0 Å². The van der Waals surface area contributed by atoms with E-state index in [1.165, 1.54) is 12.8 Å². The lowest BCUT2D eigenvalue weighted by molar-refractivity contribution is -0.0144. The van der Waals surface area contributed by atoms with Crippen molar-refractivity contribution in [1.82, 2.24) is 0 Å². The molecule has 0 amide bonds. The zero-order chi connectivity index (χ0) is 19.7. The monoisotopic (exact) mass is 512 g/mol. The summed E-state index contributed by atoms with van der Waals surface area (Å²) in [7, 11) is -3.74. The van der Waals surface area contributed by atoms with Crippen LogP contribution in [0.2, 0.25) is 36.3 Å². The normalized spacial score (nSPS) is 33.1. The van der Waals surface area contributed by atoms with Gasteiger partial charge in [0.1, 0.15) is 8.83 Å². The van der Waals surface area contributed by atoms with Crippen LogP contribution in [0.4, 0.5) is 0 Å². The van der Waals surface area contributed by atoms with E-state index in [1.54, 1.807) is 0 Å². The summed E-state index contributed by atoms with van der Waals surface area (Å²) >= 11 is 8.01. The highest BCUT2D eigenvalue weighted by molar-refractivity contribution is 9.25. The molecule has 2 saturated carbocycles. The minimum atomic E-state index is -1.90. The van der Waals surface area contributed by atoms with E-state index in [1.807, 2.05) is 0 Å². The van der Waals surface area contributed by atoms with Gasteiger partial charge in [0.2, 0.25) is 0 Å². The minimum absolute atomic E-state index is 0.133. The largest absolute Gasteiger partial charge is 0.411 e. The molecule has 2 nitrogen and oxygen atoms in total. The summed E-state index contributed by atoms with van der Waals surface area (Å²) in [6, 6.07) is 0. The Morgan fingerprint density at radius 2 is 1.32 bits per heavy atom. The maximum atomic E-state index is 7.13. The Morgan fingerprint density at radius 3 is 1.76 bits per heavy atom. The van der Waals surface area contributed by atoms with Gasteiger partial charge < -0.3 is 8.85 Å². The Morgan fingerprint density at radius 1 is 0.840 bits per heavy atom. The third-order valence-corrected chi connectivity index (χ3v) is 18.6. The van der Waals surface area contributed by atoms with Crippen molar-refractivity contribution in [3.05, 3.63) is 0 Å². The number of halogens is 2. The van der Waals surface area contributed by atoms with Crippen molar-refractivity contribution >= 4 is 48.5 Å². The maximum absolute atomic E-state index is 7.13. The summed E-state index contributed by atoms with van der Waals surface area (Å²) < 4.78 is 14.0. The summed E-state index contributed by atoms with van der Waals surface area (Å²) in [5.41, 5.74) is -0.218. The van der Waals surface area contributed by atoms with Crippen molar-refractivity contribution in [3.63, 3.8) is 0 Å². The van der Waals surface area contributed by atoms with Crippen LogP contribution in [0.25, 0.3) is 0 Å². The molecule has 0 N–H and O–H groups in total. The van der Waals surface area contributed by atoms with Gasteiger partial charge in [0.15, 0.2) is 16.6 Å². The molecule has 0 radical (unpaired) electrons. The van der Waals surface area contributed by atoms with E-state index in [-0.39, 0.29) is 25.0 Å². The topological polar surface area (TPSA) is 18.5 Å².